The number of aliphatic carboxylic acids is 1. The molecule has 0 aromatic rings. The second-order valence-electron chi connectivity index (χ2n) is 1.79. The molecule has 58 valence electrons. The number of carboxylic acid groups (broad SMARTS) is 1. The van der Waals surface area contributed by atoms with Crippen LogP contribution in [0.2, 0.25) is 0 Å². The van der Waals surface area contributed by atoms with Gasteiger partial charge in [-0.25, -0.2) is 0 Å². The predicted octanol–water partition coefficient (Wildman–Crippen LogP) is -0.495. The van der Waals surface area contributed by atoms with Gasteiger partial charge in [0.2, 0.25) is 5.91 Å². The van der Waals surface area contributed by atoms with Gasteiger partial charge in [0, 0.05) is 0 Å². The summed E-state index contributed by atoms with van der Waals surface area (Å²) in [5, 5.41) is 9.81. The van der Waals surface area contributed by atoms with Crippen molar-refractivity contribution in [2.45, 2.75) is 12.2 Å². The molecule has 0 aromatic carbocycles. The summed E-state index contributed by atoms with van der Waals surface area (Å²) in [7, 11) is 0. The van der Waals surface area contributed by atoms with Crippen molar-refractivity contribution in [3.05, 3.63) is 0 Å². The summed E-state index contributed by atoms with van der Waals surface area (Å²) >= 11 is 3.79. The fourth-order valence-corrected chi connectivity index (χ4v) is 0.402. The SMILES string of the molecule is C[C@@H](S)C(=O)NCC(=O)O. The lowest BCUT2D eigenvalue weighted by Crippen LogP contribution is -2.33. The third kappa shape index (κ3) is 4.20. The number of rotatable bonds is 3. The molecule has 0 bridgehead atoms. The molecule has 0 aliphatic rings. The molecule has 0 radical (unpaired) electrons. The van der Waals surface area contributed by atoms with Gasteiger partial charge >= 0.3 is 5.97 Å². The molecule has 0 fully saturated rings. The third-order valence-corrected chi connectivity index (χ3v) is 1.03. The lowest BCUT2D eigenvalue weighted by Gasteiger charge is -2.02. The normalized spacial score (nSPS) is 12.2. The first kappa shape index (κ1) is 9.29. The molecule has 4 nitrogen and oxygen atoms in total. The number of hydrogen-bond donors (Lipinski definition) is 3. The lowest BCUT2D eigenvalue weighted by atomic mass is 10.4. The van der Waals surface area contributed by atoms with Crippen molar-refractivity contribution in [1.82, 2.24) is 5.32 Å². The van der Waals surface area contributed by atoms with E-state index in [4.69, 9.17) is 5.11 Å². The maximum atomic E-state index is 10.6. The van der Waals surface area contributed by atoms with Crippen molar-refractivity contribution < 1.29 is 14.7 Å². The van der Waals surface area contributed by atoms with Crippen molar-refractivity contribution in [2.75, 3.05) is 6.54 Å². The molecular formula is C5H9NO3S. The van der Waals surface area contributed by atoms with Crippen molar-refractivity contribution in [3.63, 3.8) is 0 Å². The van der Waals surface area contributed by atoms with E-state index in [9.17, 15) is 9.59 Å². The molecule has 2 N–H and O–H groups in total. The fourth-order valence-electron chi connectivity index (χ4n) is 0.310. The van der Waals surface area contributed by atoms with Gasteiger partial charge in [-0.2, -0.15) is 12.6 Å². The Balaban J connectivity index is 3.50. The highest BCUT2D eigenvalue weighted by Gasteiger charge is 2.07. The highest BCUT2D eigenvalue weighted by Crippen LogP contribution is 1.89. The number of amides is 1. The zero-order valence-electron chi connectivity index (χ0n) is 5.50. The quantitative estimate of drug-likeness (QED) is 0.492. The van der Waals surface area contributed by atoms with Crippen LogP contribution in [0.3, 0.4) is 0 Å². The third-order valence-electron chi connectivity index (χ3n) is 0.793. The highest BCUT2D eigenvalue weighted by atomic mass is 32.1. The molecule has 0 saturated heterocycles. The average Bonchev–Trinajstić information content (AvgIpc) is 1.82. The molecule has 5 heteroatoms. The number of carbonyl (C=O) groups excluding carboxylic acids is 1. The first-order chi connectivity index (χ1) is 4.54. The Morgan fingerprint density at radius 3 is 2.50 bits per heavy atom. The first-order valence-electron chi connectivity index (χ1n) is 2.71. The Morgan fingerprint density at radius 1 is 1.70 bits per heavy atom. The summed E-state index contributed by atoms with van der Waals surface area (Å²) in [5.41, 5.74) is 0. The minimum atomic E-state index is -1.05. The van der Waals surface area contributed by atoms with Gasteiger partial charge < -0.3 is 10.4 Å². The van der Waals surface area contributed by atoms with Crippen LogP contribution < -0.4 is 5.32 Å². The van der Waals surface area contributed by atoms with Crippen LogP contribution in [-0.2, 0) is 9.59 Å². The van der Waals surface area contributed by atoms with Crippen molar-refractivity contribution in [3.8, 4) is 0 Å². The van der Waals surface area contributed by atoms with Crippen LogP contribution in [0.15, 0.2) is 0 Å². The van der Waals surface area contributed by atoms with Crippen molar-refractivity contribution >= 4 is 24.5 Å². The van der Waals surface area contributed by atoms with Gasteiger partial charge in [-0.15, -0.1) is 0 Å². The highest BCUT2D eigenvalue weighted by molar-refractivity contribution is 7.81. The van der Waals surface area contributed by atoms with E-state index >= 15 is 0 Å². The molecule has 0 aliphatic carbocycles. The van der Waals surface area contributed by atoms with Gasteiger partial charge in [0.25, 0.3) is 0 Å². The molecule has 0 rings (SSSR count). The fraction of sp³-hybridized carbons (Fsp3) is 0.600. The van der Waals surface area contributed by atoms with Crippen LogP contribution in [-0.4, -0.2) is 28.8 Å². The lowest BCUT2D eigenvalue weighted by molar-refractivity contribution is -0.137. The zero-order chi connectivity index (χ0) is 8.15. The maximum Gasteiger partial charge on any atom is 0.322 e. The molecule has 1 atom stereocenters. The van der Waals surface area contributed by atoms with Crippen LogP contribution in [0.5, 0.6) is 0 Å². The minimum absolute atomic E-state index is 0.344. The van der Waals surface area contributed by atoms with E-state index in [1.54, 1.807) is 6.92 Å². The summed E-state index contributed by atoms with van der Waals surface area (Å²) in [6.45, 7) is 1.23. The Morgan fingerprint density at radius 2 is 2.20 bits per heavy atom. The summed E-state index contributed by atoms with van der Waals surface area (Å²) in [4.78, 5) is 20.5. The molecule has 0 spiro atoms. The second-order valence-corrected chi connectivity index (χ2v) is 2.56. The Hall–Kier alpha value is -0.710. The maximum absolute atomic E-state index is 10.6. The number of thiol groups is 1. The number of hydrogen-bond acceptors (Lipinski definition) is 3. The van der Waals surface area contributed by atoms with Crippen LogP contribution in [0, 0.1) is 0 Å². The molecule has 0 heterocycles. The Labute approximate surface area is 64.0 Å². The van der Waals surface area contributed by atoms with E-state index in [0.717, 1.165) is 0 Å². The van der Waals surface area contributed by atoms with Gasteiger partial charge in [0.15, 0.2) is 0 Å². The van der Waals surface area contributed by atoms with E-state index in [0.29, 0.717) is 0 Å². The summed E-state index contributed by atoms with van der Waals surface area (Å²) < 4.78 is 0. The van der Waals surface area contributed by atoms with Gasteiger partial charge in [-0.05, 0) is 6.92 Å². The van der Waals surface area contributed by atoms with Crippen LogP contribution in [0.1, 0.15) is 6.92 Å². The topological polar surface area (TPSA) is 66.4 Å². The second kappa shape index (κ2) is 4.16. The van der Waals surface area contributed by atoms with Gasteiger partial charge in [0.05, 0.1) is 5.25 Å². The number of carbonyl (C=O) groups is 2. The van der Waals surface area contributed by atoms with Crippen LogP contribution >= 0.6 is 12.6 Å². The molecule has 0 aliphatic heterocycles. The van der Waals surface area contributed by atoms with E-state index in [2.05, 4.69) is 17.9 Å². The summed E-state index contributed by atoms with van der Waals surface area (Å²) in [5.74, 6) is -1.42. The average molecular weight is 163 g/mol. The predicted molar refractivity (Wildman–Crippen MR) is 39.1 cm³/mol. The Bertz CT molecular complexity index is 146. The molecule has 0 saturated carbocycles. The molecular weight excluding hydrogens is 154 g/mol. The monoisotopic (exact) mass is 163 g/mol. The largest absolute Gasteiger partial charge is 0.480 e. The zero-order valence-corrected chi connectivity index (χ0v) is 6.39. The van der Waals surface area contributed by atoms with E-state index in [1.165, 1.54) is 0 Å². The van der Waals surface area contributed by atoms with Crippen molar-refractivity contribution in [2.24, 2.45) is 0 Å². The van der Waals surface area contributed by atoms with Crippen LogP contribution in [0.25, 0.3) is 0 Å². The summed E-state index contributed by atoms with van der Waals surface area (Å²) in [6.07, 6.45) is 0. The Kier molecular flexibility index (Phi) is 3.87. The number of nitrogens with one attached hydrogen (secondary N) is 1. The minimum Gasteiger partial charge on any atom is -0.480 e. The number of carboxylic acids is 1. The first-order valence-corrected chi connectivity index (χ1v) is 3.23. The molecule has 0 unspecified atom stereocenters. The van der Waals surface area contributed by atoms with E-state index in [-0.39, 0.29) is 12.5 Å². The van der Waals surface area contributed by atoms with Gasteiger partial charge in [-0.3, -0.25) is 9.59 Å². The summed E-state index contributed by atoms with van der Waals surface area (Å²) in [6, 6.07) is 0. The van der Waals surface area contributed by atoms with Crippen molar-refractivity contribution in [1.29, 1.82) is 0 Å². The van der Waals surface area contributed by atoms with Gasteiger partial charge in [-0.1, -0.05) is 0 Å². The smallest absolute Gasteiger partial charge is 0.322 e. The van der Waals surface area contributed by atoms with Crippen LogP contribution in [0.4, 0.5) is 0 Å². The standard InChI is InChI=1S/C5H9NO3S/c1-3(10)5(9)6-2-4(7)8/h3,10H,2H2,1H3,(H,6,9)(H,7,8)/t3-/m1/s1. The van der Waals surface area contributed by atoms with E-state index in [1.807, 2.05) is 0 Å². The van der Waals surface area contributed by atoms with Gasteiger partial charge in [0.1, 0.15) is 6.54 Å². The molecule has 0 aromatic heterocycles. The molecule has 10 heavy (non-hydrogen) atoms. The molecule has 1 amide bonds. The van der Waals surface area contributed by atoms with E-state index < -0.39 is 11.2 Å².